The van der Waals surface area contributed by atoms with E-state index in [-0.39, 0.29) is 5.91 Å². The molecule has 0 bridgehead atoms. The van der Waals surface area contributed by atoms with Crippen LogP contribution in [-0.4, -0.2) is 55.5 Å². The van der Waals surface area contributed by atoms with Crippen LogP contribution in [0.3, 0.4) is 0 Å². The molecule has 0 spiro atoms. The van der Waals surface area contributed by atoms with Gasteiger partial charge in [-0.25, -0.2) is 0 Å². The van der Waals surface area contributed by atoms with E-state index in [1.54, 1.807) is 4.90 Å². The highest BCUT2D eigenvalue weighted by molar-refractivity contribution is 5.75. The van der Waals surface area contributed by atoms with Gasteiger partial charge < -0.3 is 10.6 Å². The summed E-state index contributed by atoms with van der Waals surface area (Å²) in [5.41, 5.74) is 5.85. The fraction of sp³-hybridized carbons (Fsp3) is 0.923. The Kier molecular flexibility index (Phi) is 5.92. The van der Waals surface area contributed by atoms with Crippen molar-refractivity contribution in [2.75, 3.05) is 33.7 Å². The minimum absolute atomic E-state index is 0.222. The van der Waals surface area contributed by atoms with Crippen LogP contribution < -0.4 is 5.73 Å². The number of hydrogen-bond acceptors (Lipinski definition) is 3. The Morgan fingerprint density at radius 3 is 2.76 bits per heavy atom. The first kappa shape index (κ1) is 14.5. The second-order valence-corrected chi connectivity index (χ2v) is 5.35. The molecule has 1 saturated heterocycles. The zero-order valence-electron chi connectivity index (χ0n) is 11.5. The van der Waals surface area contributed by atoms with Gasteiger partial charge in [0.05, 0.1) is 0 Å². The maximum Gasteiger partial charge on any atom is 0.222 e. The van der Waals surface area contributed by atoms with E-state index >= 15 is 0 Å². The van der Waals surface area contributed by atoms with Gasteiger partial charge in [0.1, 0.15) is 0 Å². The molecule has 0 aromatic heterocycles. The van der Waals surface area contributed by atoms with E-state index < -0.39 is 0 Å². The lowest BCUT2D eigenvalue weighted by atomic mass is 9.90. The summed E-state index contributed by atoms with van der Waals surface area (Å²) in [6, 6.07) is 0.512. The van der Waals surface area contributed by atoms with Crippen LogP contribution in [0.1, 0.15) is 32.6 Å². The Labute approximate surface area is 105 Å². The summed E-state index contributed by atoms with van der Waals surface area (Å²) in [5.74, 6) is 0.914. The van der Waals surface area contributed by atoms with E-state index in [0.717, 1.165) is 26.1 Å². The van der Waals surface area contributed by atoms with Gasteiger partial charge >= 0.3 is 0 Å². The largest absolute Gasteiger partial charge is 0.349 e. The molecule has 4 heteroatoms. The molecule has 0 aliphatic carbocycles. The summed E-state index contributed by atoms with van der Waals surface area (Å²) in [6.07, 6.45) is 4.14. The Morgan fingerprint density at radius 2 is 2.18 bits per heavy atom. The molecule has 0 aromatic carbocycles. The fourth-order valence-electron chi connectivity index (χ4n) is 2.65. The number of hydrogen-bond donors (Lipinski definition) is 1. The third kappa shape index (κ3) is 4.28. The molecule has 0 aromatic rings. The van der Waals surface area contributed by atoms with Crippen molar-refractivity contribution >= 4 is 5.91 Å². The van der Waals surface area contributed by atoms with E-state index in [4.69, 9.17) is 5.73 Å². The number of likely N-dealkylation sites (tertiary alicyclic amines) is 1. The Hall–Kier alpha value is -0.610. The number of piperidine rings is 1. The van der Waals surface area contributed by atoms with E-state index in [1.165, 1.54) is 12.8 Å². The number of amides is 1. The summed E-state index contributed by atoms with van der Waals surface area (Å²) in [7, 11) is 3.63. The van der Waals surface area contributed by atoms with Gasteiger partial charge in [-0.15, -0.1) is 0 Å². The predicted octanol–water partition coefficient (Wildman–Crippen LogP) is 0.914. The summed E-state index contributed by atoms with van der Waals surface area (Å²) < 4.78 is 0. The lowest BCUT2D eigenvalue weighted by Crippen LogP contribution is -2.48. The molecule has 1 fully saturated rings. The summed E-state index contributed by atoms with van der Waals surface area (Å²) in [4.78, 5) is 15.6. The van der Waals surface area contributed by atoms with Crippen LogP contribution in [0.4, 0.5) is 0 Å². The van der Waals surface area contributed by atoms with Gasteiger partial charge in [-0.05, 0) is 38.3 Å². The second kappa shape index (κ2) is 6.97. The Bertz CT molecular complexity index is 243. The number of carbonyl (C=O) groups excluding carboxylic acids is 1. The van der Waals surface area contributed by atoms with Gasteiger partial charge in [-0.2, -0.15) is 0 Å². The Morgan fingerprint density at radius 1 is 1.47 bits per heavy atom. The van der Waals surface area contributed by atoms with Crippen LogP contribution in [0.25, 0.3) is 0 Å². The van der Waals surface area contributed by atoms with Gasteiger partial charge in [0.25, 0.3) is 0 Å². The molecule has 1 heterocycles. The van der Waals surface area contributed by atoms with Crippen molar-refractivity contribution in [1.82, 2.24) is 9.80 Å². The highest BCUT2D eigenvalue weighted by atomic mass is 16.2. The molecule has 2 N–H and O–H groups in total. The quantitative estimate of drug-likeness (QED) is 0.778. The van der Waals surface area contributed by atoms with Crippen LogP contribution in [-0.2, 0) is 4.79 Å². The monoisotopic (exact) mass is 241 g/mol. The van der Waals surface area contributed by atoms with Crippen molar-refractivity contribution in [2.45, 2.75) is 38.6 Å². The molecule has 1 aliphatic heterocycles. The van der Waals surface area contributed by atoms with Gasteiger partial charge in [-0.3, -0.25) is 9.69 Å². The van der Waals surface area contributed by atoms with Gasteiger partial charge in [0.2, 0.25) is 5.91 Å². The minimum atomic E-state index is 0.222. The molecular formula is C13H27N3O. The molecular weight excluding hydrogens is 214 g/mol. The van der Waals surface area contributed by atoms with Crippen molar-refractivity contribution in [1.29, 1.82) is 0 Å². The average Bonchev–Trinajstić information content (AvgIpc) is 2.29. The number of carbonyl (C=O) groups is 1. The number of nitrogens with two attached hydrogens (primary N) is 1. The highest BCUT2D eigenvalue weighted by Crippen LogP contribution is 2.22. The third-order valence-corrected chi connectivity index (χ3v) is 3.81. The maximum atomic E-state index is 11.5. The fourth-order valence-corrected chi connectivity index (χ4v) is 2.65. The van der Waals surface area contributed by atoms with Gasteiger partial charge in [0, 0.05) is 33.1 Å². The van der Waals surface area contributed by atoms with Crippen molar-refractivity contribution in [3.05, 3.63) is 0 Å². The van der Waals surface area contributed by atoms with E-state index in [0.29, 0.717) is 18.4 Å². The van der Waals surface area contributed by atoms with E-state index in [9.17, 15) is 4.79 Å². The highest BCUT2D eigenvalue weighted by Gasteiger charge is 2.26. The van der Waals surface area contributed by atoms with Gasteiger partial charge in [0.15, 0.2) is 0 Å². The predicted molar refractivity (Wildman–Crippen MR) is 70.7 cm³/mol. The minimum Gasteiger partial charge on any atom is -0.349 e. The van der Waals surface area contributed by atoms with Crippen LogP contribution in [0, 0.1) is 5.92 Å². The third-order valence-electron chi connectivity index (χ3n) is 3.81. The first-order valence-electron chi connectivity index (χ1n) is 6.70. The molecule has 0 radical (unpaired) electrons. The number of rotatable bonds is 5. The lowest BCUT2D eigenvalue weighted by molar-refractivity contribution is -0.128. The molecule has 1 amide bonds. The molecule has 100 valence electrons. The van der Waals surface area contributed by atoms with Crippen LogP contribution in [0.15, 0.2) is 0 Å². The molecule has 17 heavy (non-hydrogen) atoms. The molecule has 1 aliphatic rings. The summed E-state index contributed by atoms with van der Waals surface area (Å²) >= 11 is 0. The summed E-state index contributed by atoms with van der Waals surface area (Å²) in [6.45, 7) is 5.17. The first-order valence-corrected chi connectivity index (χ1v) is 6.70. The van der Waals surface area contributed by atoms with E-state index in [1.807, 2.05) is 14.1 Å². The normalized spacial score (nSPS) is 25.9. The average molecular weight is 241 g/mol. The van der Waals surface area contributed by atoms with Crippen LogP contribution in [0.5, 0.6) is 0 Å². The van der Waals surface area contributed by atoms with Crippen molar-refractivity contribution in [3.8, 4) is 0 Å². The molecule has 2 atom stereocenters. The molecule has 0 saturated carbocycles. The molecule has 1 rings (SSSR count). The zero-order valence-corrected chi connectivity index (χ0v) is 11.5. The smallest absolute Gasteiger partial charge is 0.222 e. The zero-order chi connectivity index (χ0) is 12.8. The SMILES string of the molecule is CC1CCCN(CCCC(=O)N(C)C)C1CN. The van der Waals surface area contributed by atoms with Crippen LogP contribution in [0.2, 0.25) is 0 Å². The maximum absolute atomic E-state index is 11.5. The Balaban J connectivity index is 2.32. The standard InChI is InChI=1S/C13H27N3O/c1-11-6-4-8-16(12(11)10-14)9-5-7-13(17)15(2)3/h11-12H,4-10,14H2,1-3H3. The van der Waals surface area contributed by atoms with Crippen molar-refractivity contribution < 1.29 is 4.79 Å². The first-order chi connectivity index (χ1) is 8.06. The molecule has 2 unspecified atom stereocenters. The summed E-state index contributed by atoms with van der Waals surface area (Å²) in [5, 5.41) is 0. The second-order valence-electron chi connectivity index (χ2n) is 5.35. The molecule has 4 nitrogen and oxygen atoms in total. The van der Waals surface area contributed by atoms with Crippen LogP contribution >= 0.6 is 0 Å². The topological polar surface area (TPSA) is 49.6 Å². The lowest BCUT2D eigenvalue weighted by Gasteiger charge is -2.39. The van der Waals surface area contributed by atoms with E-state index in [2.05, 4.69) is 11.8 Å². The van der Waals surface area contributed by atoms with Gasteiger partial charge in [-0.1, -0.05) is 6.92 Å². The van der Waals surface area contributed by atoms with Crippen molar-refractivity contribution in [2.24, 2.45) is 11.7 Å². The number of nitrogens with zero attached hydrogens (tertiary/aromatic N) is 2. The van der Waals surface area contributed by atoms with Crippen molar-refractivity contribution in [3.63, 3.8) is 0 Å².